The Balaban J connectivity index is 1.49. The van der Waals surface area contributed by atoms with E-state index in [9.17, 15) is 4.79 Å². The number of carbonyl (C=O) groups is 1. The molecule has 0 amide bonds. The maximum Gasteiger partial charge on any atom is 0.171 e. The lowest BCUT2D eigenvalue weighted by Gasteiger charge is -2.44. The van der Waals surface area contributed by atoms with Crippen molar-refractivity contribution in [1.82, 2.24) is 4.90 Å². The first kappa shape index (κ1) is 35.9. The molecule has 4 atom stereocenters. The number of allylic oxidation sites excluding steroid dienone is 5. The molecule has 0 fully saturated rings. The molecule has 0 radical (unpaired) electrons. The zero-order valence-corrected chi connectivity index (χ0v) is 31.3. The number of hydrogen-bond acceptors (Lipinski definition) is 4. The highest BCUT2D eigenvalue weighted by atomic mass is 32.1. The van der Waals surface area contributed by atoms with E-state index < -0.39 is 0 Å². The summed E-state index contributed by atoms with van der Waals surface area (Å²) in [5, 5.41) is 4.30. The van der Waals surface area contributed by atoms with Gasteiger partial charge in [0.2, 0.25) is 0 Å². The van der Waals surface area contributed by atoms with Crippen molar-refractivity contribution in [1.29, 1.82) is 0 Å². The van der Waals surface area contributed by atoms with Gasteiger partial charge < -0.3 is 4.90 Å². The molecule has 0 saturated carbocycles. The van der Waals surface area contributed by atoms with Crippen molar-refractivity contribution in [3.63, 3.8) is 0 Å². The van der Waals surface area contributed by atoms with Crippen LogP contribution in [0.2, 0.25) is 0 Å². The van der Waals surface area contributed by atoms with E-state index in [2.05, 4.69) is 98.0 Å². The van der Waals surface area contributed by atoms with Crippen molar-refractivity contribution in [2.45, 2.75) is 136 Å². The molecule has 47 heavy (non-hydrogen) atoms. The quantitative estimate of drug-likeness (QED) is 0.131. The average Bonchev–Trinajstić information content (AvgIpc) is 3.83. The normalized spacial score (nSPS) is 20.5. The van der Waals surface area contributed by atoms with Crippen LogP contribution in [0.15, 0.2) is 87.8 Å². The Kier molecular flexibility index (Phi) is 14.0. The van der Waals surface area contributed by atoms with E-state index >= 15 is 0 Å². The monoisotopic (exact) mass is 669 g/mol. The number of carbonyl (C=O) groups excluding carboxylic acids is 1. The molecule has 0 saturated heterocycles. The minimum Gasteiger partial charge on any atom is -0.361 e. The number of nitrogens with zero attached hydrogens (tertiary/aromatic N) is 1. The number of rotatable bonds is 20. The van der Waals surface area contributed by atoms with E-state index in [1.54, 1.807) is 22.7 Å². The first-order valence-electron chi connectivity index (χ1n) is 19.0. The van der Waals surface area contributed by atoms with Gasteiger partial charge in [0.05, 0.1) is 12.0 Å². The van der Waals surface area contributed by atoms with Crippen LogP contribution in [0.25, 0.3) is 5.57 Å². The summed E-state index contributed by atoms with van der Waals surface area (Å²) < 4.78 is 0. The number of hydrogen-bond donors (Lipinski definition) is 0. The van der Waals surface area contributed by atoms with Gasteiger partial charge in [0, 0.05) is 33.1 Å². The van der Waals surface area contributed by atoms with Gasteiger partial charge in [0.25, 0.3) is 0 Å². The fourth-order valence-electron chi connectivity index (χ4n) is 8.22. The van der Waals surface area contributed by atoms with Crippen molar-refractivity contribution in [2.24, 2.45) is 11.8 Å². The van der Waals surface area contributed by atoms with Gasteiger partial charge in [-0.15, -0.1) is 22.7 Å². The Morgan fingerprint density at radius 2 is 1.51 bits per heavy atom. The number of fused-ring (bicyclic) bond motifs is 2. The number of ketones is 1. The second-order valence-electron chi connectivity index (χ2n) is 14.0. The van der Waals surface area contributed by atoms with E-state index in [0.717, 1.165) is 36.8 Å². The summed E-state index contributed by atoms with van der Waals surface area (Å²) in [5.41, 5.74) is 6.22. The highest BCUT2D eigenvalue weighted by molar-refractivity contribution is 7.11. The van der Waals surface area contributed by atoms with Gasteiger partial charge >= 0.3 is 0 Å². The molecule has 4 unspecified atom stereocenters. The van der Waals surface area contributed by atoms with Crippen molar-refractivity contribution in [3.8, 4) is 0 Å². The molecule has 0 bridgehead atoms. The molecule has 0 aromatic carbocycles. The average molecular weight is 670 g/mol. The molecule has 2 aliphatic carbocycles. The Morgan fingerprint density at radius 3 is 2.19 bits per heavy atom. The zero-order chi connectivity index (χ0) is 33.0. The highest BCUT2D eigenvalue weighted by Gasteiger charge is 2.38. The second-order valence-corrected chi connectivity index (χ2v) is 16.0. The molecule has 4 heteroatoms. The third kappa shape index (κ3) is 8.98. The van der Waals surface area contributed by atoms with Crippen LogP contribution in [0.4, 0.5) is 0 Å². The number of Topliss-reactive ketones (excluding diaryl/α,β-unsaturated/α-hetero) is 1. The van der Waals surface area contributed by atoms with Crippen molar-refractivity contribution in [2.75, 3.05) is 6.54 Å². The lowest BCUT2D eigenvalue weighted by molar-refractivity contribution is -0.116. The molecular formula is C43H59NOS2. The third-order valence-electron chi connectivity index (χ3n) is 10.8. The molecule has 2 aromatic heterocycles. The highest BCUT2D eigenvalue weighted by Crippen LogP contribution is 2.45. The van der Waals surface area contributed by atoms with Gasteiger partial charge in [0.15, 0.2) is 5.78 Å². The first-order chi connectivity index (χ1) is 23.1. The minimum absolute atomic E-state index is 0.171. The smallest absolute Gasteiger partial charge is 0.171 e. The van der Waals surface area contributed by atoms with Crippen LogP contribution in [0.3, 0.4) is 0 Å². The molecule has 3 aliphatic rings. The molecule has 3 heterocycles. The summed E-state index contributed by atoms with van der Waals surface area (Å²) in [4.78, 5) is 19.6. The van der Waals surface area contributed by atoms with Crippen LogP contribution in [0.5, 0.6) is 0 Å². The Morgan fingerprint density at radius 1 is 0.787 bits per heavy atom. The summed E-state index contributed by atoms with van der Waals surface area (Å²) in [6.45, 7) is 10.4. The fourth-order valence-corrected chi connectivity index (χ4v) is 9.74. The summed E-state index contributed by atoms with van der Waals surface area (Å²) >= 11 is 3.54. The van der Waals surface area contributed by atoms with E-state index in [-0.39, 0.29) is 12.0 Å². The molecule has 0 N–H and O–H groups in total. The summed E-state index contributed by atoms with van der Waals surface area (Å²) in [7, 11) is 0. The topological polar surface area (TPSA) is 20.3 Å². The van der Waals surface area contributed by atoms with E-state index in [4.69, 9.17) is 0 Å². The minimum atomic E-state index is -0.171. The third-order valence-corrected chi connectivity index (χ3v) is 12.6. The maximum absolute atomic E-state index is 14.4. The van der Waals surface area contributed by atoms with Gasteiger partial charge in [-0.3, -0.25) is 4.79 Å². The summed E-state index contributed by atoms with van der Waals surface area (Å²) in [6, 6.07) is 8.86. The van der Waals surface area contributed by atoms with Gasteiger partial charge in [-0.1, -0.05) is 129 Å². The van der Waals surface area contributed by atoms with Gasteiger partial charge in [-0.25, -0.2) is 0 Å². The van der Waals surface area contributed by atoms with Crippen molar-refractivity contribution < 1.29 is 4.79 Å². The predicted molar refractivity (Wildman–Crippen MR) is 206 cm³/mol. The Bertz CT molecular complexity index is 1420. The molecule has 2 nitrogen and oxygen atoms in total. The van der Waals surface area contributed by atoms with E-state index in [0.29, 0.717) is 5.78 Å². The molecule has 5 rings (SSSR count). The Hall–Kier alpha value is -2.43. The van der Waals surface area contributed by atoms with Crippen LogP contribution in [-0.2, 0) is 4.79 Å². The van der Waals surface area contributed by atoms with Gasteiger partial charge in [-0.2, -0.15) is 0 Å². The second kappa shape index (κ2) is 18.4. The van der Waals surface area contributed by atoms with E-state index in [1.165, 1.54) is 116 Å². The molecular weight excluding hydrogens is 611 g/mol. The molecule has 0 spiro atoms. The van der Waals surface area contributed by atoms with Crippen LogP contribution < -0.4 is 0 Å². The van der Waals surface area contributed by atoms with Crippen LogP contribution in [0.1, 0.15) is 140 Å². The number of unbranched alkanes of at least 4 members (excludes halogenated alkanes) is 7. The molecule has 2 aromatic rings. The lowest BCUT2D eigenvalue weighted by atomic mass is 9.77. The maximum atomic E-state index is 14.4. The fraction of sp³-hybridized carbons (Fsp3) is 0.558. The summed E-state index contributed by atoms with van der Waals surface area (Å²) in [6.07, 6.45) is 30.7. The lowest BCUT2D eigenvalue weighted by Crippen LogP contribution is -2.42. The van der Waals surface area contributed by atoms with E-state index in [1.807, 2.05) is 0 Å². The van der Waals surface area contributed by atoms with Crippen molar-refractivity contribution in [3.05, 3.63) is 97.6 Å². The van der Waals surface area contributed by atoms with Gasteiger partial charge in [0.1, 0.15) is 0 Å². The first-order valence-corrected chi connectivity index (χ1v) is 20.8. The van der Waals surface area contributed by atoms with Crippen LogP contribution >= 0.6 is 22.7 Å². The van der Waals surface area contributed by atoms with Crippen LogP contribution in [-0.4, -0.2) is 23.3 Å². The standard InChI is InChI=1S/C43H59NOS2/c1-5-9-10-11-12-13-14-15-20-36-37-30-35-29-34(41-21-16-27-46-41)23-24-39(35)44(26-25-33(19-7-3)32(8-4)18-6-2)40(37)31-38(43(36)45)42-22-17-28-47-42/h16-17,21-24,27-33,38-39H,5-15,18-20,25-26H2,1-4H3. The van der Waals surface area contributed by atoms with Gasteiger partial charge in [-0.05, 0) is 83.4 Å². The summed E-state index contributed by atoms with van der Waals surface area (Å²) in [5.74, 6) is 1.69. The van der Waals surface area contributed by atoms with Crippen LogP contribution in [0, 0.1) is 11.8 Å². The number of thiophene rings is 2. The molecule has 1 aliphatic heterocycles. The Labute approximate surface area is 294 Å². The van der Waals surface area contributed by atoms with Crippen molar-refractivity contribution >= 4 is 34.0 Å². The predicted octanol–water partition coefficient (Wildman–Crippen LogP) is 13.1. The zero-order valence-electron chi connectivity index (χ0n) is 29.6. The SMILES string of the molecule is CCCCCCCCCCC1=C2C=C3C=C(c4cccs4)C=CC3N(CCC(CCC)C(CC)CCC)C2=CC(c2cccs2)C1=O. The largest absolute Gasteiger partial charge is 0.361 e. The molecule has 254 valence electrons.